The standard InChI is InChI=1S/C15H31N5/c1-9(2)13-14(10(3)4)17-20(18-16)19(12(7)8)15(13)11(5)6/h9-12,18H,16H2,1-8H3. The highest BCUT2D eigenvalue weighted by Gasteiger charge is 2.33. The average molecular weight is 281 g/mol. The van der Waals surface area contributed by atoms with Crippen molar-refractivity contribution in [3.05, 3.63) is 11.3 Å². The lowest BCUT2D eigenvalue weighted by Crippen LogP contribution is -2.56. The molecule has 3 N–H and O–H groups in total. The molecule has 0 radical (unpaired) electrons. The topological polar surface area (TPSA) is 56.9 Å². The third kappa shape index (κ3) is 3.15. The van der Waals surface area contributed by atoms with E-state index in [-0.39, 0.29) is 6.04 Å². The Morgan fingerprint density at radius 1 is 0.900 bits per heavy atom. The van der Waals surface area contributed by atoms with Crippen molar-refractivity contribution < 1.29 is 0 Å². The second kappa shape index (κ2) is 6.59. The molecule has 1 aliphatic heterocycles. The zero-order valence-electron chi connectivity index (χ0n) is 14.2. The van der Waals surface area contributed by atoms with Gasteiger partial charge in [0.25, 0.3) is 0 Å². The average Bonchev–Trinajstić information content (AvgIpc) is 2.35. The normalized spacial score (nSPS) is 17.1. The van der Waals surface area contributed by atoms with E-state index in [1.807, 2.05) is 0 Å². The number of hydrazone groups is 1. The number of hydrogen-bond acceptors (Lipinski definition) is 5. The lowest BCUT2D eigenvalue weighted by atomic mass is 9.86. The lowest BCUT2D eigenvalue weighted by molar-refractivity contribution is -0.0746. The second-order valence-corrected chi connectivity index (χ2v) is 6.61. The summed E-state index contributed by atoms with van der Waals surface area (Å²) in [6.07, 6.45) is 0. The summed E-state index contributed by atoms with van der Waals surface area (Å²) >= 11 is 0. The first-order chi connectivity index (χ1) is 9.22. The van der Waals surface area contributed by atoms with Crippen LogP contribution in [0.15, 0.2) is 16.4 Å². The molecule has 116 valence electrons. The maximum atomic E-state index is 5.68. The van der Waals surface area contributed by atoms with E-state index in [9.17, 15) is 0 Å². The Hall–Kier alpha value is -1.07. The molecule has 1 heterocycles. The number of nitrogens with two attached hydrogens (primary N) is 1. The van der Waals surface area contributed by atoms with Crippen LogP contribution in [0.1, 0.15) is 55.4 Å². The molecule has 0 unspecified atom stereocenters. The Bertz CT molecular complexity index is 393. The predicted octanol–water partition coefficient (Wildman–Crippen LogP) is 2.88. The Morgan fingerprint density at radius 3 is 1.75 bits per heavy atom. The van der Waals surface area contributed by atoms with E-state index in [1.54, 1.807) is 5.23 Å². The van der Waals surface area contributed by atoms with Crippen LogP contribution in [0.3, 0.4) is 0 Å². The van der Waals surface area contributed by atoms with Gasteiger partial charge in [0.1, 0.15) is 0 Å². The van der Waals surface area contributed by atoms with Gasteiger partial charge >= 0.3 is 0 Å². The Balaban J connectivity index is 3.51. The molecule has 0 atom stereocenters. The van der Waals surface area contributed by atoms with Crippen molar-refractivity contribution in [2.75, 3.05) is 0 Å². The molecule has 0 aromatic heterocycles. The molecule has 0 aromatic carbocycles. The van der Waals surface area contributed by atoms with Crippen LogP contribution in [0.5, 0.6) is 0 Å². The molecule has 1 rings (SSSR count). The van der Waals surface area contributed by atoms with Crippen molar-refractivity contribution in [1.29, 1.82) is 0 Å². The fourth-order valence-corrected chi connectivity index (χ4v) is 2.74. The van der Waals surface area contributed by atoms with Gasteiger partial charge in [0.2, 0.25) is 0 Å². The van der Waals surface area contributed by atoms with Crippen LogP contribution in [0, 0.1) is 17.8 Å². The fourth-order valence-electron chi connectivity index (χ4n) is 2.74. The second-order valence-electron chi connectivity index (χ2n) is 6.61. The van der Waals surface area contributed by atoms with Gasteiger partial charge in [-0.25, -0.2) is 0 Å². The highest BCUT2D eigenvalue weighted by molar-refractivity contribution is 6.02. The monoisotopic (exact) mass is 281 g/mol. The van der Waals surface area contributed by atoms with Crippen LogP contribution in [0.25, 0.3) is 0 Å². The molecule has 0 amide bonds. The molecular formula is C15H31N5. The van der Waals surface area contributed by atoms with E-state index < -0.39 is 0 Å². The van der Waals surface area contributed by atoms with Crippen LogP contribution < -0.4 is 11.4 Å². The Kier molecular flexibility index (Phi) is 5.59. The van der Waals surface area contributed by atoms with E-state index in [0.717, 1.165) is 5.71 Å². The quantitative estimate of drug-likeness (QED) is 0.601. The van der Waals surface area contributed by atoms with Gasteiger partial charge in [-0.15, -0.1) is 15.9 Å². The van der Waals surface area contributed by atoms with Crippen molar-refractivity contribution in [1.82, 2.24) is 15.8 Å². The molecule has 5 heteroatoms. The van der Waals surface area contributed by atoms with Crippen LogP contribution in [-0.4, -0.2) is 22.0 Å². The van der Waals surface area contributed by atoms with Gasteiger partial charge in [0, 0.05) is 11.7 Å². The summed E-state index contributed by atoms with van der Waals surface area (Å²) in [6.45, 7) is 17.6. The number of nitrogens with one attached hydrogen (secondary N) is 1. The van der Waals surface area contributed by atoms with Crippen molar-refractivity contribution >= 4 is 5.71 Å². The minimum atomic E-state index is 0.287. The minimum Gasteiger partial charge on any atom is -0.254 e. The zero-order chi connectivity index (χ0) is 15.6. The highest BCUT2D eigenvalue weighted by atomic mass is 16.0. The lowest BCUT2D eigenvalue weighted by Gasteiger charge is -2.45. The smallest absolute Gasteiger partial charge is 0.0720 e. The van der Waals surface area contributed by atoms with Gasteiger partial charge in [0.05, 0.1) is 5.71 Å². The van der Waals surface area contributed by atoms with Crippen molar-refractivity contribution in [2.24, 2.45) is 28.7 Å². The number of allylic oxidation sites excluding steroid dienone is 2. The Morgan fingerprint density at radius 2 is 1.45 bits per heavy atom. The maximum Gasteiger partial charge on any atom is 0.0720 e. The van der Waals surface area contributed by atoms with Crippen LogP contribution in [-0.2, 0) is 0 Å². The number of rotatable bonds is 5. The molecular weight excluding hydrogens is 250 g/mol. The van der Waals surface area contributed by atoms with Gasteiger partial charge < -0.3 is 0 Å². The SMILES string of the molecule is CC(C)C1=NN(NN)N(C(C)C)C(C(C)C)=C1C(C)C. The van der Waals surface area contributed by atoms with E-state index in [4.69, 9.17) is 10.9 Å². The Labute approximate surface area is 123 Å². The van der Waals surface area contributed by atoms with Gasteiger partial charge in [-0.1, -0.05) is 41.5 Å². The maximum absolute atomic E-state index is 5.68. The number of nitrogens with zero attached hydrogens (tertiary/aromatic N) is 3. The molecule has 0 aromatic rings. The summed E-state index contributed by atoms with van der Waals surface area (Å²) in [5.74, 6) is 6.90. The van der Waals surface area contributed by atoms with Gasteiger partial charge in [0.15, 0.2) is 0 Å². The third-order valence-corrected chi connectivity index (χ3v) is 3.48. The van der Waals surface area contributed by atoms with Crippen LogP contribution in [0.4, 0.5) is 0 Å². The first-order valence-corrected chi connectivity index (χ1v) is 7.60. The molecule has 20 heavy (non-hydrogen) atoms. The summed E-state index contributed by atoms with van der Waals surface area (Å²) in [4.78, 5) is 0. The summed E-state index contributed by atoms with van der Waals surface area (Å²) < 4.78 is 0. The zero-order valence-corrected chi connectivity index (χ0v) is 14.2. The summed E-state index contributed by atoms with van der Waals surface area (Å²) in [5.41, 5.74) is 6.49. The van der Waals surface area contributed by atoms with E-state index >= 15 is 0 Å². The van der Waals surface area contributed by atoms with Gasteiger partial charge in [-0.2, -0.15) is 0 Å². The number of hydrogen-bond donors (Lipinski definition) is 2. The van der Waals surface area contributed by atoms with Crippen LogP contribution in [0.2, 0.25) is 0 Å². The molecule has 0 saturated carbocycles. The van der Waals surface area contributed by atoms with Crippen molar-refractivity contribution in [3.63, 3.8) is 0 Å². The molecule has 0 saturated heterocycles. The molecule has 0 aliphatic carbocycles. The fraction of sp³-hybridized carbons (Fsp3) is 0.800. The summed E-state index contributed by atoms with van der Waals surface area (Å²) in [7, 11) is 0. The predicted molar refractivity (Wildman–Crippen MR) is 85.1 cm³/mol. The summed E-state index contributed by atoms with van der Waals surface area (Å²) in [5, 5.41) is 8.56. The molecule has 5 nitrogen and oxygen atoms in total. The first kappa shape index (κ1) is 17.0. The molecule has 0 spiro atoms. The van der Waals surface area contributed by atoms with E-state index in [2.05, 4.69) is 65.9 Å². The summed E-state index contributed by atoms with van der Waals surface area (Å²) in [6, 6.07) is 0.287. The molecule has 0 fully saturated rings. The highest BCUT2D eigenvalue weighted by Crippen LogP contribution is 2.33. The first-order valence-electron chi connectivity index (χ1n) is 7.60. The third-order valence-electron chi connectivity index (χ3n) is 3.48. The van der Waals surface area contributed by atoms with Gasteiger partial charge in [-0.3, -0.25) is 10.9 Å². The minimum absolute atomic E-state index is 0.287. The largest absolute Gasteiger partial charge is 0.254 e. The van der Waals surface area contributed by atoms with Gasteiger partial charge in [-0.05, 0) is 37.2 Å². The van der Waals surface area contributed by atoms with E-state index in [1.165, 1.54) is 11.3 Å². The molecule has 1 aliphatic rings. The number of hydrazine groups is 3. The molecule has 0 bridgehead atoms. The van der Waals surface area contributed by atoms with E-state index in [0.29, 0.717) is 17.8 Å². The van der Waals surface area contributed by atoms with Crippen LogP contribution >= 0.6 is 0 Å². The van der Waals surface area contributed by atoms with Crippen molar-refractivity contribution in [3.8, 4) is 0 Å². The van der Waals surface area contributed by atoms with Crippen molar-refractivity contribution in [2.45, 2.75) is 61.4 Å².